The fraction of sp³-hybridized carbons (Fsp3) is 0.174. The molecule has 1 aliphatic rings. The maximum Gasteiger partial charge on any atom is 0.338 e. The summed E-state index contributed by atoms with van der Waals surface area (Å²) < 4.78 is 42.8. The molecule has 0 amide bonds. The van der Waals surface area contributed by atoms with Crippen LogP contribution in [0.4, 0.5) is 11.4 Å². The molecule has 34 heavy (non-hydrogen) atoms. The summed E-state index contributed by atoms with van der Waals surface area (Å²) in [6.07, 6.45) is 0. The lowest BCUT2D eigenvalue weighted by Crippen LogP contribution is -2.26. The van der Waals surface area contributed by atoms with Gasteiger partial charge in [0.1, 0.15) is 12.4 Å². The van der Waals surface area contributed by atoms with Crippen molar-refractivity contribution in [1.29, 1.82) is 0 Å². The van der Waals surface area contributed by atoms with Crippen LogP contribution in [-0.2, 0) is 32.7 Å². The monoisotopic (exact) mass is 484 g/mol. The lowest BCUT2D eigenvalue weighted by Gasteiger charge is -2.20. The number of hydrogen-bond donors (Lipinski definition) is 0. The summed E-state index contributed by atoms with van der Waals surface area (Å²) in [7, 11) is -2.38. The van der Waals surface area contributed by atoms with Crippen molar-refractivity contribution in [1.82, 2.24) is 0 Å². The van der Waals surface area contributed by atoms with Gasteiger partial charge in [-0.15, -0.1) is 0 Å². The Morgan fingerprint density at radius 3 is 2.50 bits per heavy atom. The SMILES string of the molecule is CN(c1ccccc1)S(=O)(=O)c1ccc(C(=O)OCc2cc([N+](=O)[O-])cc3c2OCOC3)cc1. The maximum atomic E-state index is 12.9. The van der Waals surface area contributed by atoms with Crippen molar-refractivity contribution < 1.29 is 32.3 Å². The van der Waals surface area contributed by atoms with Crippen LogP contribution in [0.25, 0.3) is 0 Å². The van der Waals surface area contributed by atoms with E-state index in [1.165, 1.54) is 43.4 Å². The highest BCUT2D eigenvalue weighted by Crippen LogP contribution is 2.33. The van der Waals surface area contributed by atoms with Gasteiger partial charge in [-0.25, -0.2) is 13.2 Å². The van der Waals surface area contributed by atoms with Gasteiger partial charge in [-0.05, 0) is 36.4 Å². The van der Waals surface area contributed by atoms with Gasteiger partial charge in [-0.2, -0.15) is 0 Å². The third-order valence-electron chi connectivity index (χ3n) is 5.21. The van der Waals surface area contributed by atoms with Crippen molar-refractivity contribution in [2.75, 3.05) is 18.1 Å². The number of anilines is 1. The van der Waals surface area contributed by atoms with Crippen LogP contribution in [0.1, 0.15) is 21.5 Å². The quantitative estimate of drug-likeness (QED) is 0.283. The number of para-hydroxylation sites is 1. The smallest absolute Gasteiger partial charge is 0.338 e. The first-order valence-corrected chi connectivity index (χ1v) is 11.5. The van der Waals surface area contributed by atoms with Gasteiger partial charge in [-0.1, -0.05) is 18.2 Å². The van der Waals surface area contributed by atoms with Gasteiger partial charge >= 0.3 is 5.97 Å². The first-order chi connectivity index (χ1) is 16.3. The standard InChI is InChI=1S/C23H20N2O8S/c1-24(19-5-3-2-4-6-19)34(29,30)21-9-7-16(8-10-21)23(26)32-14-18-12-20(25(27)28)11-17-13-31-15-33-22(17)18/h2-12H,13-15H2,1H3. The summed E-state index contributed by atoms with van der Waals surface area (Å²) in [6.45, 7) is -0.135. The van der Waals surface area contributed by atoms with Crippen molar-refractivity contribution in [2.45, 2.75) is 18.1 Å². The molecular formula is C23H20N2O8S. The number of ether oxygens (including phenoxy) is 3. The fourth-order valence-corrected chi connectivity index (χ4v) is 4.61. The summed E-state index contributed by atoms with van der Waals surface area (Å²) in [5, 5.41) is 11.2. The van der Waals surface area contributed by atoms with Gasteiger partial charge in [-0.3, -0.25) is 14.4 Å². The first kappa shape index (κ1) is 23.2. The molecule has 0 bridgehead atoms. The van der Waals surface area contributed by atoms with Crippen LogP contribution < -0.4 is 9.04 Å². The molecule has 1 aliphatic heterocycles. The molecular weight excluding hydrogens is 464 g/mol. The minimum atomic E-state index is -3.82. The molecule has 0 radical (unpaired) electrons. The number of fused-ring (bicyclic) bond motifs is 1. The number of hydrogen-bond acceptors (Lipinski definition) is 8. The van der Waals surface area contributed by atoms with Crippen LogP contribution in [-0.4, -0.2) is 33.2 Å². The average molecular weight is 484 g/mol. The Kier molecular flexibility index (Phi) is 6.48. The lowest BCUT2D eigenvalue weighted by atomic mass is 10.1. The molecule has 10 nitrogen and oxygen atoms in total. The molecule has 0 saturated carbocycles. The van der Waals surface area contributed by atoms with E-state index in [-0.39, 0.29) is 36.2 Å². The van der Waals surface area contributed by atoms with Crippen molar-refractivity contribution >= 4 is 27.4 Å². The number of sulfonamides is 1. The van der Waals surface area contributed by atoms with Crippen LogP contribution in [0.2, 0.25) is 0 Å². The predicted octanol–water partition coefficient (Wildman–Crippen LogP) is 3.64. The predicted molar refractivity (Wildman–Crippen MR) is 121 cm³/mol. The maximum absolute atomic E-state index is 12.9. The summed E-state index contributed by atoms with van der Waals surface area (Å²) in [5.74, 6) is -0.331. The molecule has 11 heteroatoms. The zero-order chi connectivity index (χ0) is 24.3. The second kappa shape index (κ2) is 9.49. The molecule has 1 heterocycles. The third kappa shape index (κ3) is 4.70. The molecule has 0 spiro atoms. The van der Waals surface area contributed by atoms with Crippen molar-refractivity contribution in [3.63, 3.8) is 0 Å². The highest BCUT2D eigenvalue weighted by atomic mass is 32.2. The van der Waals surface area contributed by atoms with Crippen molar-refractivity contribution in [2.24, 2.45) is 0 Å². The molecule has 0 aliphatic carbocycles. The Labute approximate surface area is 195 Å². The van der Waals surface area contributed by atoms with Crippen molar-refractivity contribution in [3.8, 4) is 5.75 Å². The van der Waals surface area contributed by atoms with Crippen LogP contribution in [0.15, 0.2) is 71.6 Å². The number of carbonyl (C=O) groups excluding carboxylic acids is 1. The zero-order valence-electron chi connectivity index (χ0n) is 18.0. The van der Waals surface area contributed by atoms with E-state index in [2.05, 4.69) is 0 Å². The molecule has 3 aromatic rings. The number of nitro benzene ring substituents is 1. The van der Waals surface area contributed by atoms with Crippen LogP contribution in [0, 0.1) is 10.1 Å². The summed E-state index contributed by atoms with van der Waals surface area (Å²) >= 11 is 0. The summed E-state index contributed by atoms with van der Waals surface area (Å²) in [5.41, 5.74) is 1.29. The highest BCUT2D eigenvalue weighted by Gasteiger charge is 2.23. The van der Waals surface area contributed by atoms with Gasteiger partial charge in [0.2, 0.25) is 0 Å². The Hall–Kier alpha value is -3.96. The Balaban J connectivity index is 1.49. The Morgan fingerprint density at radius 1 is 1.12 bits per heavy atom. The molecule has 3 aromatic carbocycles. The molecule has 0 atom stereocenters. The third-order valence-corrected chi connectivity index (χ3v) is 7.01. The normalized spacial score (nSPS) is 12.9. The van der Waals surface area contributed by atoms with E-state index in [4.69, 9.17) is 14.2 Å². The number of benzene rings is 3. The number of nitrogens with zero attached hydrogens (tertiary/aromatic N) is 2. The summed E-state index contributed by atoms with van der Waals surface area (Å²) in [4.78, 5) is 23.2. The van der Waals surface area contributed by atoms with Crippen molar-refractivity contribution in [3.05, 3.63) is 93.5 Å². The largest absolute Gasteiger partial charge is 0.467 e. The van der Waals surface area contributed by atoms with E-state index in [1.807, 2.05) is 0 Å². The second-order valence-corrected chi connectivity index (χ2v) is 9.34. The molecule has 176 valence electrons. The van der Waals surface area contributed by atoms with E-state index >= 15 is 0 Å². The summed E-state index contributed by atoms with van der Waals surface area (Å²) in [6, 6.07) is 16.6. The number of rotatable bonds is 7. The number of non-ortho nitro benzene ring substituents is 1. The average Bonchev–Trinajstić information content (AvgIpc) is 2.87. The molecule has 0 unspecified atom stereocenters. The van der Waals surface area contributed by atoms with E-state index in [0.717, 1.165) is 4.31 Å². The minimum absolute atomic E-state index is 0.0107. The number of nitro groups is 1. The van der Waals surface area contributed by atoms with Gasteiger partial charge in [0.15, 0.2) is 6.79 Å². The molecule has 0 aromatic heterocycles. The lowest BCUT2D eigenvalue weighted by molar-refractivity contribution is -0.385. The topological polar surface area (TPSA) is 125 Å². The minimum Gasteiger partial charge on any atom is -0.467 e. The first-order valence-electron chi connectivity index (χ1n) is 10.1. The molecule has 0 saturated heterocycles. The number of esters is 1. The van der Waals surface area contributed by atoms with E-state index in [1.54, 1.807) is 30.3 Å². The van der Waals surface area contributed by atoms with Gasteiger partial charge in [0.05, 0.1) is 27.7 Å². The van der Waals surface area contributed by atoms with Crippen LogP contribution >= 0.6 is 0 Å². The highest BCUT2D eigenvalue weighted by molar-refractivity contribution is 7.92. The Morgan fingerprint density at radius 2 is 1.82 bits per heavy atom. The van der Waals surface area contributed by atoms with Gasteiger partial charge in [0, 0.05) is 30.3 Å². The molecule has 0 N–H and O–H groups in total. The van der Waals surface area contributed by atoms with E-state index < -0.39 is 20.9 Å². The second-order valence-electron chi connectivity index (χ2n) is 7.37. The fourth-order valence-electron chi connectivity index (χ4n) is 3.42. The van der Waals surface area contributed by atoms with Crippen LogP contribution in [0.5, 0.6) is 5.75 Å². The van der Waals surface area contributed by atoms with Crippen LogP contribution in [0.3, 0.4) is 0 Å². The van der Waals surface area contributed by atoms with E-state index in [9.17, 15) is 23.3 Å². The van der Waals surface area contributed by atoms with Gasteiger partial charge < -0.3 is 14.2 Å². The zero-order valence-corrected chi connectivity index (χ0v) is 18.9. The molecule has 4 rings (SSSR count). The number of carbonyl (C=O) groups is 1. The van der Waals surface area contributed by atoms with E-state index in [0.29, 0.717) is 22.6 Å². The molecule has 0 fully saturated rings. The van der Waals surface area contributed by atoms with Gasteiger partial charge in [0.25, 0.3) is 15.7 Å². The Bertz CT molecular complexity index is 1330.